The molecule has 0 saturated heterocycles. The van der Waals surface area contributed by atoms with Gasteiger partial charge in [0.25, 0.3) is 0 Å². The van der Waals surface area contributed by atoms with Crippen LogP contribution in [0.3, 0.4) is 0 Å². The van der Waals surface area contributed by atoms with E-state index < -0.39 is 11.6 Å². The molecule has 0 spiro atoms. The molecule has 35 heavy (non-hydrogen) atoms. The molecule has 0 fully saturated rings. The maximum atomic E-state index is 15.1. The van der Waals surface area contributed by atoms with Crippen LogP contribution in [0.5, 0.6) is 5.75 Å². The molecule has 1 aliphatic rings. The highest BCUT2D eigenvalue weighted by Crippen LogP contribution is 2.43. The SMILES string of the molecule is COc1cc[n+]2c(c1)-c1c(F)cc(F)cc1C(C)C2[C@H](C)C[n+]1cccn1-c1ccc(C)cc1C. The Hall–Kier alpha value is -3.54. The van der Waals surface area contributed by atoms with E-state index >= 15 is 4.39 Å². The number of hydrogen-bond acceptors (Lipinski definition) is 1. The molecule has 0 N–H and O–H groups in total. The molecular weight excluding hydrogens is 444 g/mol. The monoisotopic (exact) mass is 475 g/mol. The van der Waals surface area contributed by atoms with Crippen LogP contribution in [0.2, 0.25) is 0 Å². The summed E-state index contributed by atoms with van der Waals surface area (Å²) in [7, 11) is 1.59. The van der Waals surface area contributed by atoms with Crippen LogP contribution in [-0.4, -0.2) is 11.8 Å². The summed E-state index contributed by atoms with van der Waals surface area (Å²) in [5.74, 6) is -0.371. The Morgan fingerprint density at radius 1 is 1.06 bits per heavy atom. The highest BCUT2D eigenvalue weighted by molar-refractivity contribution is 5.65. The average molecular weight is 476 g/mol. The minimum atomic E-state index is -0.547. The first-order valence-electron chi connectivity index (χ1n) is 12.0. The summed E-state index contributed by atoms with van der Waals surface area (Å²) in [6, 6.07) is 14.7. The van der Waals surface area contributed by atoms with Crippen molar-refractivity contribution in [1.82, 2.24) is 4.68 Å². The van der Waals surface area contributed by atoms with Gasteiger partial charge in [-0.05, 0) is 44.0 Å². The van der Waals surface area contributed by atoms with Crippen LogP contribution in [0.4, 0.5) is 8.78 Å². The lowest BCUT2D eigenvalue weighted by Gasteiger charge is -2.31. The number of halogens is 2. The van der Waals surface area contributed by atoms with Gasteiger partial charge in [-0.25, -0.2) is 8.78 Å². The number of pyridine rings is 1. The largest absolute Gasteiger partial charge is 0.496 e. The van der Waals surface area contributed by atoms with E-state index in [-0.39, 0.29) is 17.9 Å². The number of rotatable bonds is 5. The van der Waals surface area contributed by atoms with Crippen LogP contribution in [0.25, 0.3) is 16.9 Å². The zero-order valence-electron chi connectivity index (χ0n) is 20.8. The summed E-state index contributed by atoms with van der Waals surface area (Å²) >= 11 is 0. The highest BCUT2D eigenvalue weighted by atomic mass is 19.1. The fourth-order valence-corrected chi connectivity index (χ4v) is 5.70. The summed E-state index contributed by atoms with van der Waals surface area (Å²) in [5.41, 5.74) is 5.43. The Morgan fingerprint density at radius 2 is 1.86 bits per heavy atom. The lowest BCUT2D eigenvalue weighted by atomic mass is 9.79. The molecule has 180 valence electrons. The fraction of sp³-hybridized carbons (Fsp3) is 0.310. The smallest absolute Gasteiger partial charge is 0.219 e. The Kier molecular flexibility index (Phi) is 5.91. The lowest BCUT2D eigenvalue weighted by Crippen LogP contribution is -2.54. The summed E-state index contributed by atoms with van der Waals surface area (Å²) < 4.78 is 41.3. The molecule has 1 aliphatic heterocycles. The van der Waals surface area contributed by atoms with Gasteiger partial charge in [0.1, 0.15) is 23.1 Å². The van der Waals surface area contributed by atoms with Gasteiger partial charge >= 0.3 is 0 Å². The third-order valence-electron chi connectivity index (χ3n) is 7.28. The van der Waals surface area contributed by atoms with E-state index in [0.29, 0.717) is 22.6 Å². The van der Waals surface area contributed by atoms with Gasteiger partial charge in [-0.15, -0.1) is 9.36 Å². The predicted molar refractivity (Wildman–Crippen MR) is 131 cm³/mol. The van der Waals surface area contributed by atoms with E-state index in [1.54, 1.807) is 7.11 Å². The van der Waals surface area contributed by atoms with Crippen molar-refractivity contribution >= 4 is 0 Å². The standard InChI is InChI=1S/C29H31F2N3O/c1-18-7-8-26(19(2)13-18)34-11-6-10-32(34)17-20(3)29-21(4)24-14-22(30)15-25(31)28(24)27-16-23(35-5)9-12-33(27)29/h6-16,20-21,29H,17H2,1-5H3/q+2/t20-,21?,29?/m1/s1. The normalized spacial score (nSPS) is 17.6. The van der Waals surface area contributed by atoms with Crippen LogP contribution in [0, 0.1) is 31.4 Å². The number of aryl methyl sites for hydroxylation is 2. The van der Waals surface area contributed by atoms with Gasteiger partial charge in [0.05, 0.1) is 30.9 Å². The molecular formula is C29H31F2N3O+2. The summed E-state index contributed by atoms with van der Waals surface area (Å²) in [4.78, 5) is 0. The Bertz CT molecular complexity index is 1410. The molecule has 0 aliphatic carbocycles. The first-order chi connectivity index (χ1) is 16.8. The molecule has 4 aromatic rings. The molecule has 0 radical (unpaired) electrons. The van der Waals surface area contributed by atoms with Crippen molar-refractivity contribution in [3.63, 3.8) is 0 Å². The van der Waals surface area contributed by atoms with Crippen LogP contribution >= 0.6 is 0 Å². The minimum Gasteiger partial charge on any atom is -0.496 e. The first kappa shape index (κ1) is 23.2. The molecule has 2 aromatic carbocycles. The summed E-state index contributed by atoms with van der Waals surface area (Å²) in [5, 5.41) is 0. The molecule has 4 nitrogen and oxygen atoms in total. The minimum absolute atomic E-state index is 0.000397. The topological polar surface area (TPSA) is 21.9 Å². The van der Waals surface area contributed by atoms with Crippen molar-refractivity contribution in [3.8, 4) is 22.7 Å². The third-order valence-corrected chi connectivity index (χ3v) is 7.28. The number of benzene rings is 2. The second-order valence-electron chi connectivity index (χ2n) is 9.71. The van der Waals surface area contributed by atoms with E-state index in [2.05, 4.69) is 72.2 Å². The summed E-state index contributed by atoms with van der Waals surface area (Å²) in [6.07, 6.45) is 6.11. The van der Waals surface area contributed by atoms with E-state index in [1.807, 2.05) is 24.4 Å². The maximum absolute atomic E-state index is 15.1. The van der Waals surface area contributed by atoms with Crippen molar-refractivity contribution in [3.05, 3.63) is 95.4 Å². The molecule has 2 aromatic heterocycles. The second-order valence-corrected chi connectivity index (χ2v) is 9.71. The zero-order valence-corrected chi connectivity index (χ0v) is 20.8. The predicted octanol–water partition coefficient (Wildman–Crippen LogP) is 5.62. The van der Waals surface area contributed by atoms with Crippen LogP contribution in [0.15, 0.2) is 67.1 Å². The quantitative estimate of drug-likeness (QED) is 0.344. The van der Waals surface area contributed by atoms with Gasteiger partial charge in [0.2, 0.25) is 5.69 Å². The second kappa shape index (κ2) is 8.91. The number of ether oxygens (including phenoxy) is 1. The first-order valence-corrected chi connectivity index (χ1v) is 12.0. The Balaban J connectivity index is 1.57. The fourth-order valence-electron chi connectivity index (χ4n) is 5.70. The maximum Gasteiger partial charge on any atom is 0.219 e. The number of methoxy groups -OCH3 is 1. The number of nitrogens with zero attached hydrogens (tertiary/aromatic N) is 3. The van der Waals surface area contributed by atoms with E-state index in [9.17, 15) is 4.39 Å². The highest BCUT2D eigenvalue weighted by Gasteiger charge is 2.44. The van der Waals surface area contributed by atoms with E-state index in [4.69, 9.17) is 4.74 Å². The van der Waals surface area contributed by atoms with E-state index in [0.717, 1.165) is 18.3 Å². The summed E-state index contributed by atoms with van der Waals surface area (Å²) in [6.45, 7) is 9.22. The number of hydrogen-bond donors (Lipinski definition) is 0. The van der Waals surface area contributed by atoms with Crippen LogP contribution < -0.4 is 14.0 Å². The molecule has 6 heteroatoms. The van der Waals surface area contributed by atoms with Crippen molar-refractivity contribution in [2.75, 3.05) is 7.11 Å². The third kappa shape index (κ3) is 4.01. The van der Waals surface area contributed by atoms with E-state index in [1.165, 1.54) is 17.2 Å². The van der Waals surface area contributed by atoms with Crippen molar-refractivity contribution in [1.29, 1.82) is 0 Å². The molecule has 2 unspecified atom stereocenters. The molecule has 3 atom stereocenters. The van der Waals surface area contributed by atoms with Gasteiger partial charge < -0.3 is 4.74 Å². The van der Waals surface area contributed by atoms with Gasteiger partial charge in [0.15, 0.2) is 25.0 Å². The Labute approximate surface area is 205 Å². The van der Waals surface area contributed by atoms with Gasteiger partial charge in [0, 0.05) is 24.1 Å². The lowest BCUT2D eigenvalue weighted by molar-refractivity contribution is -0.789. The molecule has 0 amide bonds. The van der Waals surface area contributed by atoms with Gasteiger partial charge in [-0.3, -0.25) is 0 Å². The Morgan fingerprint density at radius 3 is 2.60 bits per heavy atom. The van der Waals surface area contributed by atoms with Gasteiger partial charge in [-0.1, -0.05) is 24.6 Å². The molecule has 0 bridgehead atoms. The van der Waals surface area contributed by atoms with Crippen LogP contribution in [0.1, 0.15) is 42.5 Å². The van der Waals surface area contributed by atoms with Crippen molar-refractivity contribution < 1.29 is 22.8 Å². The molecule has 3 heterocycles. The van der Waals surface area contributed by atoms with Crippen molar-refractivity contribution in [2.24, 2.45) is 5.92 Å². The van der Waals surface area contributed by atoms with Crippen LogP contribution in [-0.2, 0) is 6.54 Å². The number of aromatic nitrogens is 3. The van der Waals surface area contributed by atoms with Crippen molar-refractivity contribution in [2.45, 2.75) is 46.2 Å². The average Bonchev–Trinajstić information content (AvgIpc) is 3.26. The molecule has 0 saturated carbocycles. The van der Waals surface area contributed by atoms with Gasteiger partial charge in [-0.2, -0.15) is 4.57 Å². The number of fused-ring (bicyclic) bond motifs is 3. The molecule has 5 rings (SSSR count). The zero-order chi connectivity index (χ0) is 24.9.